The first-order valence-corrected chi connectivity index (χ1v) is 21.7. The van der Waals surface area contributed by atoms with Crippen molar-refractivity contribution in [2.45, 2.75) is 0 Å². The molecular weight excluding hydrogens is 777 g/mol. The van der Waals surface area contributed by atoms with Crippen molar-refractivity contribution < 1.29 is 4.42 Å². The fourth-order valence-corrected chi connectivity index (χ4v) is 11.1. The molecule has 5 heterocycles. The average Bonchev–Trinajstić information content (AvgIpc) is 4.09. The zero-order valence-corrected chi connectivity index (χ0v) is 33.9. The maximum atomic E-state index is 6.90. The van der Waals surface area contributed by atoms with Gasteiger partial charge in [0.2, 0.25) is 5.95 Å². The Bertz CT molecular complexity index is 4110. The molecule has 0 N–H and O–H groups in total. The molecule has 288 valence electrons. The fourth-order valence-electron chi connectivity index (χ4n) is 10.0. The van der Waals surface area contributed by atoms with Crippen molar-refractivity contribution >= 4 is 108 Å². The lowest BCUT2D eigenvalue weighted by molar-refractivity contribution is 0.671. The second-order valence-corrected chi connectivity index (χ2v) is 17.2. The molecule has 6 heteroatoms. The van der Waals surface area contributed by atoms with E-state index in [1.165, 1.54) is 42.0 Å². The Labute approximate surface area is 358 Å². The molecule has 0 spiro atoms. The smallest absolute Gasteiger partial charge is 0.235 e. The summed E-state index contributed by atoms with van der Waals surface area (Å²) in [5.74, 6) is 0.598. The maximum Gasteiger partial charge on any atom is 0.235 e. The molecule has 0 saturated carbocycles. The minimum Gasteiger partial charge on any atom is -0.454 e. The molecule has 62 heavy (non-hydrogen) atoms. The van der Waals surface area contributed by atoms with Crippen LogP contribution in [-0.2, 0) is 0 Å². The van der Waals surface area contributed by atoms with Gasteiger partial charge in [0.25, 0.3) is 0 Å². The molecule has 5 nitrogen and oxygen atoms in total. The molecule has 9 aromatic carbocycles. The van der Waals surface area contributed by atoms with Crippen molar-refractivity contribution in [3.8, 4) is 34.0 Å². The van der Waals surface area contributed by atoms with Gasteiger partial charge < -0.3 is 8.98 Å². The summed E-state index contributed by atoms with van der Waals surface area (Å²) >= 11 is 1.83. The van der Waals surface area contributed by atoms with Gasteiger partial charge in [0.1, 0.15) is 11.1 Å². The summed E-state index contributed by atoms with van der Waals surface area (Å²) in [6, 6.07) is 69.4. The first-order chi connectivity index (χ1) is 30.7. The standard InChI is InChI=1S/C56H32N4OS/c1-7-19-45-40(17-1)53(34-27-30-51-43(31-34)39-16-6-12-24-50(39)62-51)58-56(57-45)60-48-22-10-4-18-41(48)52-42(32-44-38-15-5-11-23-49(38)61-55(44)54(52)60)33-25-28-35(29-26-33)59-46-20-8-2-13-36(46)37-14-3-9-21-47(37)59/h1-32H. The Morgan fingerprint density at radius 1 is 0.419 bits per heavy atom. The lowest BCUT2D eigenvalue weighted by atomic mass is 9.96. The number of nitrogens with zero attached hydrogens (tertiary/aromatic N) is 4. The van der Waals surface area contributed by atoms with Crippen LogP contribution in [0.5, 0.6) is 0 Å². The Kier molecular flexibility index (Phi) is 6.92. The van der Waals surface area contributed by atoms with Crippen LogP contribution < -0.4 is 0 Å². The van der Waals surface area contributed by atoms with E-state index in [1.54, 1.807) is 0 Å². The van der Waals surface area contributed by atoms with Gasteiger partial charge in [-0.15, -0.1) is 11.3 Å². The van der Waals surface area contributed by atoms with Crippen molar-refractivity contribution in [1.29, 1.82) is 0 Å². The normalized spacial score (nSPS) is 12.2. The van der Waals surface area contributed by atoms with Crippen LogP contribution in [0.25, 0.3) is 131 Å². The molecule has 0 bridgehead atoms. The molecule has 0 radical (unpaired) electrons. The molecule has 0 fully saturated rings. The summed E-state index contributed by atoms with van der Waals surface area (Å²) < 4.78 is 14.1. The van der Waals surface area contributed by atoms with Crippen molar-refractivity contribution in [3.05, 3.63) is 194 Å². The van der Waals surface area contributed by atoms with E-state index in [4.69, 9.17) is 14.4 Å². The first-order valence-electron chi connectivity index (χ1n) is 20.9. The number of rotatable bonds is 4. The van der Waals surface area contributed by atoms with Gasteiger partial charge in [0.05, 0.1) is 27.8 Å². The van der Waals surface area contributed by atoms with E-state index < -0.39 is 0 Å². The summed E-state index contributed by atoms with van der Waals surface area (Å²) in [7, 11) is 0. The molecule has 0 unspecified atom stereocenters. The zero-order chi connectivity index (χ0) is 40.5. The first kappa shape index (κ1) is 33.7. The minimum atomic E-state index is 0.598. The summed E-state index contributed by atoms with van der Waals surface area (Å²) in [4.78, 5) is 10.9. The van der Waals surface area contributed by atoms with Crippen LogP contribution >= 0.6 is 11.3 Å². The van der Waals surface area contributed by atoms with Gasteiger partial charge in [-0.05, 0) is 77.9 Å². The maximum absolute atomic E-state index is 6.90. The molecule has 0 saturated heterocycles. The van der Waals surface area contributed by atoms with E-state index in [9.17, 15) is 0 Å². The van der Waals surface area contributed by atoms with Crippen molar-refractivity contribution in [2.24, 2.45) is 0 Å². The van der Waals surface area contributed by atoms with Gasteiger partial charge in [-0.1, -0.05) is 127 Å². The highest BCUT2D eigenvalue weighted by Crippen LogP contribution is 2.46. The second kappa shape index (κ2) is 12.7. The summed E-state index contributed by atoms with van der Waals surface area (Å²) in [5, 5.41) is 10.3. The monoisotopic (exact) mass is 808 g/mol. The summed E-state index contributed by atoms with van der Waals surface area (Å²) in [6.45, 7) is 0. The van der Waals surface area contributed by atoms with Gasteiger partial charge in [-0.2, -0.15) is 0 Å². The summed E-state index contributed by atoms with van der Waals surface area (Å²) in [6.07, 6.45) is 0. The third kappa shape index (κ3) is 4.72. The van der Waals surface area contributed by atoms with E-state index in [1.807, 2.05) is 17.4 Å². The third-order valence-electron chi connectivity index (χ3n) is 12.7. The van der Waals surface area contributed by atoms with Gasteiger partial charge in [-0.25, -0.2) is 9.97 Å². The van der Waals surface area contributed by atoms with Crippen LogP contribution in [0.15, 0.2) is 199 Å². The zero-order valence-electron chi connectivity index (χ0n) is 33.1. The van der Waals surface area contributed by atoms with Gasteiger partial charge in [0.15, 0.2) is 5.58 Å². The van der Waals surface area contributed by atoms with E-state index in [0.29, 0.717) is 5.95 Å². The molecule has 0 amide bonds. The number of para-hydroxylation sites is 5. The molecule has 14 rings (SSSR count). The van der Waals surface area contributed by atoms with Gasteiger partial charge >= 0.3 is 0 Å². The molecule has 14 aromatic rings. The number of fused-ring (bicyclic) bond motifs is 14. The van der Waals surface area contributed by atoms with Gasteiger partial charge in [0, 0.05) is 69.1 Å². The van der Waals surface area contributed by atoms with Crippen LogP contribution in [0, 0.1) is 0 Å². The Hall–Kier alpha value is -8.06. The number of aromatic nitrogens is 4. The predicted molar refractivity (Wildman–Crippen MR) is 259 cm³/mol. The molecule has 0 aliphatic rings. The highest BCUT2D eigenvalue weighted by molar-refractivity contribution is 7.25. The molecule has 0 aliphatic carbocycles. The van der Waals surface area contributed by atoms with Gasteiger partial charge in [-0.3, -0.25) is 4.57 Å². The quantitative estimate of drug-likeness (QED) is 0.178. The average molecular weight is 809 g/mol. The fraction of sp³-hybridized carbons (Fsp3) is 0. The Morgan fingerprint density at radius 3 is 1.79 bits per heavy atom. The Balaban J connectivity index is 1.05. The highest BCUT2D eigenvalue weighted by atomic mass is 32.1. The van der Waals surface area contributed by atoms with Crippen molar-refractivity contribution in [3.63, 3.8) is 0 Å². The second-order valence-electron chi connectivity index (χ2n) is 16.1. The van der Waals surface area contributed by atoms with E-state index in [0.717, 1.165) is 82.7 Å². The van der Waals surface area contributed by atoms with Crippen LogP contribution in [0.1, 0.15) is 0 Å². The lowest BCUT2D eigenvalue weighted by Gasteiger charge is -2.13. The van der Waals surface area contributed by atoms with E-state index in [2.05, 4.69) is 197 Å². The SMILES string of the molecule is c1ccc2c(-c3ccc4sc5ccccc5c4c3)nc(-n3c4ccccc4c4c(-c5ccc(-n6c7ccccc7c7ccccc76)cc5)cc5c6ccccc6oc5c43)nc2c1. The van der Waals surface area contributed by atoms with Crippen LogP contribution in [0.3, 0.4) is 0 Å². The van der Waals surface area contributed by atoms with Crippen molar-refractivity contribution in [2.75, 3.05) is 0 Å². The molecule has 5 aromatic heterocycles. The minimum absolute atomic E-state index is 0.598. The van der Waals surface area contributed by atoms with Crippen LogP contribution in [0.2, 0.25) is 0 Å². The lowest BCUT2D eigenvalue weighted by Crippen LogP contribution is -2.03. The summed E-state index contributed by atoms with van der Waals surface area (Å²) in [5.41, 5.74) is 12.2. The molecule has 0 atom stereocenters. The Morgan fingerprint density at radius 2 is 1.02 bits per heavy atom. The van der Waals surface area contributed by atoms with Crippen LogP contribution in [-0.4, -0.2) is 19.1 Å². The van der Waals surface area contributed by atoms with E-state index >= 15 is 0 Å². The topological polar surface area (TPSA) is 48.8 Å². The largest absolute Gasteiger partial charge is 0.454 e. The molecule has 0 aliphatic heterocycles. The number of hydrogen-bond acceptors (Lipinski definition) is 4. The van der Waals surface area contributed by atoms with E-state index in [-0.39, 0.29) is 0 Å². The van der Waals surface area contributed by atoms with Crippen molar-refractivity contribution in [1.82, 2.24) is 19.1 Å². The predicted octanol–water partition coefficient (Wildman–Crippen LogP) is 15.4. The number of thiophene rings is 1. The number of hydrogen-bond donors (Lipinski definition) is 0. The number of benzene rings is 9. The number of furan rings is 1. The third-order valence-corrected chi connectivity index (χ3v) is 13.9. The van der Waals surface area contributed by atoms with Crippen LogP contribution in [0.4, 0.5) is 0 Å². The molecular formula is C56H32N4OS. The highest BCUT2D eigenvalue weighted by Gasteiger charge is 2.25.